The SMILES string of the molecule is CN(Cc1cccc(C#N)c1)C(=O)C1CCCCN1Cc1cccnc1. The second kappa shape index (κ2) is 8.59. The molecule has 2 heterocycles. The molecule has 26 heavy (non-hydrogen) atoms. The Kier molecular flexibility index (Phi) is 5.98. The molecule has 0 spiro atoms. The summed E-state index contributed by atoms with van der Waals surface area (Å²) in [6, 6.07) is 13.5. The molecule has 1 saturated heterocycles. The first-order chi connectivity index (χ1) is 12.7. The molecule has 0 N–H and O–H groups in total. The van der Waals surface area contributed by atoms with E-state index in [0.29, 0.717) is 12.1 Å². The van der Waals surface area contributed by atoms with Crippen molar-refractivity contribution in [2.45, 2.75) is 38.4 Å². The molecule has 1 fully saturated rings. The third-order valence-corrected chi connectivity index (χ3v) is 4.86. The second-order valence-electron chi connectivity index (χ2n) is 6.85. The Balaban J connectivity index is 1.68. The van der Waals surface area contributed by atoms with Gasteiger partial charge in [0.1, 0.15) is 0 Å². The lowest BCUT2D eigenvalue weighted by Crippen LogP contribution is -2.49. The zero-order chi connectivity index (χ0) is 18.4. The number of hydrogen-bond acceptors (Lipinski definition) is 4. The minimum absolute atomic E-state index is 0.0897. The van der Waals surface area contributed by atoms with E-state index in [0.717, 1.165) is 43.5 Å². The number of amides is 1. The predicted molar refractivity (Wildman–Crippen MR) is 99.9 cm³/mol. The Bertz CT molecular complexity index is 784. The van der Waals surface area contributed by atoms with Crippen molar-refractivity contribution in [2.24, 2.45) is 0 Å². The van der Waals surface area contributed by atoms with Gasteiger partial charge in [0, 0.05) is 32.5 Å². The fraction of sp³-hybridized carbons (Fsp3) is 0.381. The molecule has 134 valence electrons. The number of carbonyl (C=O) groups is 1. The number of likely N-dealkylation sites (N-methyl/N-ethyl adjacent to an activating group) is 1. The van der Waals surface area contributed by atoms with Crippen molar-refractivity contribution in [3.05, 3.63) is 65.5 Å². The number of pyridine rings is 1. The van der Waals surface area contributed by atoms with Crippen molar-refractivity contribution in [1.29, 1.82) is 5.26 Å². The molecule has 1 aromatic carbocycles. The lowest BCUT2D eigenvalue weighted by Gasteiger charge is -2.36. The first-order valence-corrected chi connectivity index (χ1v) is 9.04. The molecule has 0 aliphatic carbocycles. The first-order valence-electron chi connectivity index (χ1n) is 9.04. The molecular weight excluding hydrogens is 324 g/mol. The van der Waals surface area contributed by atoms with E-state index in [1.165, 1.54) is 0 Å². The van der Waals surface area contributed by atoms with E-state index in [2.05, 4.69) is 22.0 Å². The summed E-state index contributed by atoms with van der Waals surface area (Å²) in [5.41, 5.74) is 2.74. The van der Waals surface area contributed by atoms with E-state index in [-0.39, 0.29) is 11.9 Å². The monoisotopic (exact) mass is 348 g/mol. The van der Waals surface area contributed by atoms with Crippen LogP contribution in [-0.2, 0) is 17.9 Å². The molecule has 5 heteroatoms. The van der Waals surface area contributed by atoms with Gasteiger partial charge < -0.3 is 4.90 Å². The van der Waals surface area contributed by atoms with Crippen LogP contribution in [-0.4, -0.2) is 40.3 Å². The second-order valence-corrected chi connectivity index (χ2v) is 6.85. The lowest BCUT2D eigenvalue weighted by molar-refractivity contribution is -0.137. The summed E-state index contributed by atoms with van der Waals surface area (Å²) in [5.74, 6) is 0.149. The number of nitriles is 1. The summed E-state index contributed by atoms with van der Waals surface area (Å²) in [6.45, 7) is 2.21. The fourth-order valence-corrected chi connectivity index (χ4v) is 3.53. The van der Waals surface area contributed by atoms with Crippen LogP contribution in [0.5, 0.6) is 0 Å². The third-order valence-electron chi connectivity index (χ3n) is 4.86. The average molecular weight is 348 g/mol. The van der Waals surface area contributed by atoms with Gasteiger partial charge in [0.25, 0.3) is 0 Å². The third kappa shape index (κ3) is 4.47. The number of benzene rings is 1. The zero-order valence-electron chi connectivity index (χ0n) is 15.1. The van der Waals surface area contributed by atoms with Gasteiger partial charge in [-0.1, -0.05) is 24.6 Å². The number of nitrogens with zero attached hydrogens (tertiary/aromatic N) is 4. The van der Waals surface area contributed by atoms with E-state index < -0.39 is 0 Å². The number of aromatic nitrogens is 1. The molecule has 3 rings (SSSR count). The number of hydrogen-bond donors (Lipinski definition) is 0. The number of rotatable bonds is 5. The van der Waals surface area contributed by atoms with Crippen LogP contribution in [0.4, 0.5) is 0 Å². The van der Waals surface area contributed by atoms with Crippen LogP contribution in [0.25, 0.3) is 0 Å². The molecule has 0 bridgehead atoms. The standard InChI is InChI=1S/C21H24N4O/c1-24(15-18-7-4-6-17(12-18)13-22)21(26)20-9-2-3-11-25(20)16-19-8-5-10-23-14-19/h4-8,10,12,14,20H,2-3,9,11,15-16H2,1H3. The maximum Gasteiger partial charge on any atom is 0.239 e. The van der Waals surface area contributed by atoms with Crippen LogP contribution in [0.15, 0.2) is 48.8 Å². The number of likely N-dealkylation sites (tertiary alicyclic amines) is 1. The lowest BCUT2D eigenvalue weighted by atomic mass is 10.00. The summed E-state index contributed by atoms with van der Waals surface area (Å²) >= 11 is 0. The highest BCUT2D eigenvalue weighted by atomic mass is 16.2. The quantitative estimate of drug-likeness (QED) is 0.833. The van der Waals surface area contributed by atoms with E-state index in [9.17, 15) is 4.79 Å². The van der Waals surface area contributed by atoms with E-state index in [4.69, 9.17) is 5.26 Å². The van der Waals surface area contributed by atoms with E-state index >= 15 is 0 Å². The topological polar surface area (TPSA) is 60.2 Å². The van der Waals surface area contributed by atoms with Gasteiger partial charge >= 0.3 is 0 Å². The van der Waals surface area contributed by atoms with Gasteiger partial charge in [-0.05, 0) is 48.7 Å². The highest BCUT2D eigenvalue weighted by Crippen LogP contribution is 2.21. The van der Waals surface area contributed by atoms with E-state index in [1.807, 2.05) is 37.5 Å². The Labute approximate surface area is 154 Å². The van der Waals surface area contributed by atoms with Crippen LogP contribution >= 0.6 is 0 Å². The number of piperidine rings is 1. The highest BCUT2D eigenvalue weighted by Gasteiger charge is 2.30. The summed E-state index contributed by atoms with van der Waals surface area (Å²) in [5, 5.41) is 9.04. The summed E-state index contributed by atoms with van der Waals surface area (Å²) in [4.78, 5) is 21.3. The van der Waals surface area contributed by atoms with Crippen molar-refractivity contribution in [1.82, 2.24) is 14.8 Å². The molecule has 1 aliphatic heterocycles. The normalized spacial score (nSPS) is 17.5. The van der Waals surface area contributed by atoms with Gasteiger partial charge in [-0.3, -0.25) is 14.7 Å². The molecule has 5 nitrogen and oxygen atoms in total. The van der Waals surface area contributed by atoms with Crippen LogP contribution in [0.1, 0.15) is 36.0 Å². The fourth-order valence-electron chi connectivity index (χ4n) is 3.53. The molecule has 1 amide bonds. The molecule has 1 aromatic heterocycles. The van der Waals surface area contributed by atoms with Crippen LogP contribution in [0, 0.1) is 11.3 Å². The van der Waals surface area contributed by atoms with Gasteiger partial charge in [0.15, 0.2) is 0 Å². The van der Waals surface area contributed by atoms with Crippen LogP contribution in [0.3, 0.4) is 0 Å². The zero-order valence-corrected chi connectivity index (χ0v) is 15.1. The Hall–Kier alpha value is -2.71. The molecule has 0 radical (unpaired) electrons. The van der Waals surface area contributed by atoms with Gasteiger partial charge in [0.2, 0.25) is 5.91 Å². The largest absolute Gasteiger partial charge is 0.340 e. The van der Waals surface area contributed by atoms with Crippen molar-refractivity contribution < 1.29 is 4.79 Å². The van der Waals surface area contributed by atoms with Gasteiger partial charge in [-0.25, -0.2) is 0 Å². The maximum absolute atomic E-state index is 13.1. The minimum atomic E-state index is -0.0897. The maximum atomic E-state index is 13.1. The Morgan fingerprint density at radius 2 is 2.15 bits per heavy atom. The molecule has 2 aromatic rings. The predicted octanol–water partition coefficient (Wildman–Crippen LogP) is 2.97. The van der Waals surface area contributed by atoms with E-state index in [1.54, 1.807) is 17.2 Å². The van der Waals surface area contributed by atoms with Crippen molar-refractivity contribution >= 4 is 5.91 Å². The summed E-state index contributed by atoms with van der Waals surface area (Å²) < 4.78 is 0. The molecule has 0 saturated carbocycles. The molecule has 1 unspecified atom stereocenters. The minimum Gasteiger partial charge on any atom is -0.340 e. The van der Waals surface area contributed by atoms with Crippen molar-refractivity contribution in [2.75, 3.05) is 13.6 Å². The first kappa shape index (κ1) is 18.1. The molecular formula is C21H24N4O. The summed E-state index contributed by atoms with van der Waals surface area (Å²) in [6.07, 6.45) is 6.73. The van der Waals surface area contributed by atoms with Gasteiger partial charge in [0.05, 0.1) is 17.7 Å². The smallest absolute Gasteiger partial charge is 0.239 e. The molecule has 1 atom stereocenters. The Morgan fingerprint density at radius 3 is 2.92 bits per heavy atom. The Morgan fingerprint density at radius 1 is 1.31 bits per heavy atom. The van der Waals surface area contributed by atoms with Crippen molar-refractivity contribution in [3.8, 4) is 6.07 Å². The van der Waals surface area contributed by atoms with Crippen molar-refractivity contribution in [3.63, 3.8) is 0 Å². The summed E-state index contributed by atoms with van der Waals surface area (Å²) in [7, 11) is 1.85. The highest BCUT2D eigenvalue weighted by molar-refractivity contribution is 5.81. The van der Waals surface area contributed by atoms with Crippen LogP contribution < -0.4 is 0 Å². The van der Waals surface area contributed by atoms with Crippen LogP contribution in [0.2, 0.25) is 0 Å². The van der Waals surface area contributed by atoms with Gasteiger partial charge in [-0.2, -0.15) is 5.26 Å². The molecule has 1 aliphatic rings. The average Bonchev–Trinajstić information content (AvgIpc) is 2.69. The number of carbonyl (C=O) groups excluding carboxylic acids is 1. The van der Waals surface area contributed by atoms with Gasteiger partial charge in [-0.15, -0.1) is 0 Å².